The molecule has 1 fully saturated rings. The van der Waals surface area contributed by atoms with E-state index in [1.807, 2.05) is 20.8 Å². The molecule has 5 nitrogen and oxygen atoms in total. The zero-order chi connectivity index (χ0) is 11.5. The summed E-state index contributed by atoms with van der Waals surface area (Å²) in [5.74, 6) is 0. The number of carbonyl (C=O) groups excluding carboxylic acids is 1. The van der Waals surface area contributed by atoms with Crippen LogP contribution in [0.25, 0.3) is 0 Å². The van der Waals surface area contributed by atoms with Crippen molar-refractivity contribution in [2.75, 3.05) is 19.6 Å². The lowest BCUT2D eigenvalue weighted by atomic mass is 10.2. The van der Waals surface area contributed by atoms with Gasteiger partial charge in [0.25, 0.3) is 0 Å². The molecular weight excluding hydrogens is 194 g/mol. The molecule has 1 aliphatic rings. The van der Waals surface area contributed by atoms with Gasteiger partial charge in [0.2, 0.25) is 0 Å². The largest absolute Gasteiger partial charge is 0.444 e. The number of rotatable bonds is 0. The molecule has 5 heteroatoms. The number of nitrogens with zero attached hydrogens (tertiary/aromatic N) is 2. The van der Waals surface area contributed by atoms with Crippen molar-refractivity contribution < 1.29 is 9.53 Å². The van der Waals surface area contributed by atoms with E-state index in [0.717, 1.165) is 0 Å². The molecule has 0 radical (unpaired) electrons. The van der Waals surface area contributed by atoms with Crippen LogP contribution in [0.2, 0.25) is 0 Å². The second-order valence-corrected chi connectivity index (χ2v) is 4.52. The minimum atomic E-state index is -0.512. The maximum absolute atomic E-state index is 11.7. The van der Waals surface area contributed by atoms with Gasteiger partial charge in [-0.05, 0) is 20.8 Å². The summed E-state index contributed by atoms with van der Waals surface area (Å²) in [6.45, 7) is 7.18. The van der Waals surface area contributed by atoms with Crippen molar-refractivity contribution in [1.29, 1.82) is 5.26 Å². The molecule has 0 aromatic heterocycles. The monoisotopic (exact) mass is 211 g/mol. The second kappa shape index (κ2) is 4.49. The van der Waals surface area contributed by atoms with Gasteiger partial charge in [0.1, 0.15) is 11.6 Å². The van der Waals surface area contributed by atoms with Crippen LogP contribution < -0.4 is 5.32 Å². The van der Waals surface area contributed by atoms with Gasteiger partial charge in [-0.15, -0.1) is 0 Å². The van der Waals surface area contributed by atoms with Crippen molar-refractivity contribution in [1.82, 2.24) is 10.2 Å². The molecule has 0 aliphatic carbocycles. The smallest absolute Gasteiger partial charge is 0.411 e. The second-order valence-electron chi connectivity index (χ2n) is 4.52. The lowest BCUT2D eigenvalue weighted by Gasteiger charge is -2.33. The van der Waals surface area contributed by atoms with E-state index in [0.29, 0.717) is 19.6 Å². The first-order valence-electron chi connectivity index (χ1n) is 5.04. The predicted octanol–water partition coefficient (Wildman–Crippen LogP) is 0.719. The maximum atomic E-state index is 11.7. The normalized spacial score (nSPS) is 22.0. The van der Waals surface area contributed by atoms with E-state index >= 15 is 0 Å². The van der Waals surface area contributed by atoms with E-state index in [1.165, 1.54) is 4.90 Å². The molecule has 0 aromatic rings. The zero-order valence-electron chi connectivity index (χ0n) is 9.41. The first kappa shape index (κ1) is 11.8. The molecule has 1 rings (SSSR count). The van der Waals surface area contributed by atoms with Crippen LogP contribution in [0.1, 0.15) is 20.8 Å². The Labute approximate surface area is 90.0 Å². The van der Waals surface area contributed by atoms with Gasteiger partial charge >= 0.3 is 6.09 Å². The van der Waals surface area contributed by atoms with Crippen LogP contribution in [0.4, 0.5) is 4.79 Å². The third-order valence-corrected chi connectivity index (χ3v) is 2.02. The van der Waals surface area contributed by atoms with Gasteiger partial charge in [-0.2, -0.15) is 5.26 Å². The molecule has 15 heavy (non-hydrogen) atoms. The summed E-state index contributed by atoms with van der Waals surface area (Å²) in [6.07, 6.45) is -0.407. The molecule has 1 atom stereocenters. The van der Waals surface area contributed by atoms with Gasteiger partial charge in [0.05, 0.1) is 6.07 Å². The van der Waals surface area contributed by atoms with Crippen LogP contribution in [0.3, 0.4) is 0 Å². The van der Waals surface area contributed by atoms with E-state index in [9.17, 15) is 4.79 Å². The molecule has 1 amide bonds. The molecule has 0 aromatic carbocycles. The van der Waals surface area contributed by atoms with E-state index in [1.54, 1.807) is 0 Å². The number of amides is 1. The highest BCUT2D eigenvalue weighted by Crippen LogP contribution is 2.12. The number of hydrogen-bond acceptors (Lipinski definition) is 4. The molecule has 1 aliphatic heterocycles. The zero-order valence-corrected chi connectivity index (χ0v) is 9.41. The number of ether oxygens (including phenoxy) is 1. The topological polar surface area (TPSA) is 65.4 Å². The summed E-state index contributed by atoms with van der Waals surface area (Å²) < 4.78 is 5.22. The van der Waals surface area contributed by atoms with Gasteiger partial charge in [-0.1, -0.05) is 0 Å². The lowest BCUT2D eigenvalue weighted by Crippen LogP contribution is -2.54. The Morgan fingerprint density at radius 2 is 2.27 bits per heavy atom. The fraction of sp³-hybridized carbons (Fsp3) is 0.800. The summed E-state index contributed by atoms with van der Waals surface area (Å²) in [7, 11) is 0. The number of piperazine rings is 1. The quantitative estimate of drug-likeness (QED) is 0.641. The minimum absolute atomic E-state index is 0.407. The van der Waals surface area contributed by atoms with Crippen molar-refractivity contribution in [3.63, 3.8) is 0 Å². The minimum Gasteiger partial charge on any atom is -0.444 e. The van der Waals surface area contributed by atoms with Crippen LogP contribution in [0.5, 0.6) is 0 Å². The fourth-order valence-electron chi connectivity index (χ4n) is 1.36. The van der Waals surface area contributed by atoms with E-state index in [4.69, 9.17) is 10.00 Å². The van der Waals surface area contributed by atoms with Crippen LogP contribution in [0, 0.1) is 11.3 Å². The maximum Gasteiger partial charge on any atom is 0.411 e. The molecule has 1 heterocycles. The third kappa shape index (κ3) is 3.40. The number of hydrogen-bond donors (Lipinski definition) is 1. The van der Waals surface area contributed by atoms with Crippen molar-refractivity contribution in [2.24, 2.45) is 0 Å². The Morgan fingerprint density at radius 1 is 1.60 bits per heavy atom. The van der Waals surface area contributed by atoms with Crippen molar-refractivity contribution in [2.45, 2.75) is 32.4 Å². The Hall–Kier alpha value is -1.28. The molecular formula is C10H17N3O2. The number of nitrogens with one attached hydrogen (secondary N) is 1. The Kier molecular flexibility index (Phi) is 3.53. The standard InChI is InChI=1S/C10H17N3O2/c1-10(2,3)15-9(14)13-5-4-12-7-8(13)6-11/h8,12H,4-5,7H2,1-3H3/t8-/m1/s1. The SMILES string of the molecule is CC(C)(C)OC(=O)N1CCNC[C@H]1C#N. The average molecular weight is 211 g/mol. The summed E-state index contributed by atoms with van der Waals surface area (Å²) in [6, 6.07) is 1.66. The number of carbonyl (C=O) groups is 1. The molecule has 1 N–H and O–H groups in total. The van der Waals surface area contributed by atoms with Crippen LogP contribution >= 0.6 is 0 Å². The van der Waals surface area contributed by atoms with Crippen LogP contribution in [-0.4, -0.2) is 42.3 Å². The summed E-state index contributed by atoms with van der Waals surface area (Å²) in [4.78, 5) is 13.2. The molecule has 0 saturated carbocycles. The highest BCUT2D eigenvalue weighted by molar-refractivity contribution is 5.69. The Balaban J connectivity index is 2.61. The summed E-state index contributed by atoms with van der Waals surface area (Å²) in [5.41, 5.74) is -0.512. The summed E-state index contributed by atoms with van der Waals surface area (Å²) in [5, 5.41) is 11.9. The third-order valence-electron chi connectivity index (χ3n) is 2.02. The lowest BCUT2D eigenvalue weighted by molar-refractivity contribution is 0.0174. The summed E-state index contributed by atoms with van der Waals surface area (Å²) >= 11 is 0. The average Bonchev–Trinajstić information content (AvgIpc) is 2.15. The van der Waals surface area contributed by atoms with Gasteiger partial charge in [0, 0.05) is 19.6 Å². The Morgan fingerprint density at radius 3 is 2.80 bits per heavy atom. The van der Waals surface area contributed by atoms with Crippen LogP contribution in [0.15, 0.2) is 0 Å². The number of nitriles is 1. The molecule has 0 unspecified atom stereocenters. The predicted molar refractivity (Wildman–Crippen MR) is 55.2 cm³/mol. The molecule has 84 valence electrons. The first-order chi connectivity index (χ1) is 6.94. The van der Waals surface area contributed by atoms with E-state index in [-0.39, 0.29) is 0 Å². The van der Waals surface area contributed by atoms with Crippen LogP contribution in [-0.2, 0) is 4.74 Å². The van der Waals surface area contributed by atoms with Gasteiger partial charge in [-0.3, -0.25) is 4.90 Å². The molecule has 1 saturated heterocycles. The first-order valence-corrected chi connectivity index (χ1v) is 5.04. The highest BCUT2D eigenvalue weighted by atomic mass is 16.6. The van der Waals surface area contributed by atoms with Crippen molar-refractivity contribution >= 4 is 6.09 Å². The van der Waals surface area contributed by atoms with Gasteiger partial charge < -0.3 is 10.1 Å². The van der Waals surface area contributed by atoms with Gasteiger partial charge in [0.15, 0.2) is 0 Å². The fourth-order valence-corrected chi connectivity index (χ4v) is 1.36. The molecule has 0 spiro atoms. The van der Waals surface area contributed by atoms with E-state index in [2.05, 4.69) is 11.4 Å². The van der Waals surface area contributed by atoms with Gasteiger partial charge in [-0.25, -0.2) is 4.79 Å². The van der Waals surface area contributed by atoms with Crippen molar-refractivity contribution in [3.05, 3.63) is 0 Å². The Bertz CT molecular complexity index is 277. The molecule has 0 bridgehead atoms. The van der Waals surface area contributed by atoms with Crippen molar-refractivity contribution in [3.8, 4) is 6.07 Å². The highest BCUT2D eigenvalue weighted by Gasteiger charge is 2.29. The van der Waals surface area contributed by atoms with E-state index < -0.39 is 17.7 Å².